The second kappa shape index (κ2) is 11.8. The molecular weight excluding hydrogens is 532 g/mol. The Morgan fingerprint density at radius 3 is 1.66 bits per heavy atom. The van der Waals surface area contributed by atoms with Crippen molar-refractivity contribution < 1.29 is 34.2 Å². The van der Waals surface area contributed by atoms with Gasteiger partial charge in [0.25, 0.3) is 0 Å². The second-order valence-electron chi connectivity index (χ2n) is 8.00. The van der Waals surface area contributed by atoms with Crippen LogP contribution in [-0.4, -0.2) is 41.3 Å². The molecule has 0 saturated heterocycles. The Morgan fingerprint density at radius 2 is 1.26 bits per heavy atom. The zero-order valence-electron chi connectivity index (χ0n) is 20.8. The molecule has 38 heavy (non-hydrogen) atoms. The van der Waals surface area contributed by atoms with Crippen LogP contribution in [0, 0.1) is 24.0 Å². The summed E-state index contributed by atoms with van der Waals surface area (Å²) in [5, 5.41) is 28.9. The molecule has 198 valence electrons. The number of carboxylic acid groups (broad SMARTS) is 2. The largest absolute Gasteiger partial charge is 0.494 e. The quantitative estimate of drug-likeness (QED) is 0.134. The van der Waals surface area contributed by atoms with Gasteiger partial charge < -0.3 is 25.4 Å². The molecule has 0 fully saturated rings. The number of hydrogen-bond acceptors (Lipinski definition) is 9. The van der Waals surface area contributed by atoms with Gasteiger partial charge in [-0.15, -0.1) is 22.7 Å². The second-order valence-corrected chi connectivity index (χ2v) is 10.2. The molecule has 4 aromatic rings. The van der Waals surface area contributed by atoms with Crippen LogP contribution in [-0.2, 0) is 0 Å². The van der Waals surface area contributed by atoms with Crippen molar-refractivity contribution in [3.05, 3.63) is 79.5 Å². The predicted octanol–water partition coefficient (Wildman–Crippen LogP) is 6.35. The van der Waals surface area contributed by atoms with Gasteiger partial charge in [-0.3, -0.25) is 10.1 Å². The van der Waals surface area contributed by atoms with Crippen LogP contribution in [0.3, 0.4) is 0 Å². The van der Waals surface area contributed by atoms with Crippen LogP contribution in [0.15, 0.2) is 48.5 Å². The molecule has 0 bridgehead atoms. The molecule has 0 radical (unpaired) electrons. The van der Waals surface area contributed by atoms with E-state index in [1.807, 2.05) is 19.1 Å². The highest BCUT2D eigenvalue weighted by molar-refractivity contribution is 7.17. The number of nitrogen functional groups attached to an aromatic ring is 1. The maximum absolute atomic E-state index is 11.1. The van der Waals surface area contributed by atoms with Crippen LogP contribution >= 0.6 is 22.7 Å². The number of ether oxygens (including phenoxy) is 2. The fraction of sp³-hybridized carbons (Fsp3) is 0.154. The van der Waals surface area contributed by atoms with Gasteiger partial charge >= 0.3 is 17.6 Å². The highest BCUT2D eigenvalue weighted by Gasteiger charge is 2.22. The van der Waals surface area contributed by atoms with Crippen LogP contribution in [0.2, 0.25) is 0 Å². The third kappa shape index (κ3) is 6.10. The number of thiophene rings is 2. The van der Waals surface area contributed by atoms with E-state index >= 15 is 0 Å². The van der Waals surface area contributed by atoms with E-state index in [9.17, 15) is 19.7 Å². The average Bonchev–Trinajstić information content (AvgIpc) is 3.54. The number of benzene rings is 2. The van der Waals surface area contributed by atoms with Crippen LogP contribution in [0.25, 0.3) is 20.9 Å². The first-order valence-corrected chi connectivity index (χ1v) is 12.5. The van der Waals surface area contributed by atoms with E-state index in [0.29, 0.717) is 32.3 Å². The van der Waals surface area contributed by atoms with Crippen LogP contribution in [0.1, 0.15) is 30.5 Å². The van der Waals surface area contributed by atoms with Gasteiger partial charge in [0.1, 0.15) is 15.5 Å². The number of nitrogens with two attached hydrogens (primary N) is 1. The summed E-state index contributed by atoms with van der Waals surface area (Å²) in [6.07, 6.45) is 0. The highest BCUT2D eigenvalue weighted by atomic mass is 32.1. The minimum absolute atomic E-state index is 0.132. The number of rotatable bonds is 7. The van der Waals surface area contributed by atoms with Crippen molar-refractivity contribution >= 4 is 46.0 Å². The van der Waals surface area contributed by atoms with Crippen molar-refractivity contribution in [1.29, 1.82) is 0 Å². The van der Waals surface area contributed by atoms with Gasteiger partial charge in [0.15, 0.2) is 0 Å². The van der Waals surface area contributed by atoms with Crippen molar-refractivity contribution in [3.8, 4) is 32.4 Å². The summed E-state index contributed by atoms with van der Waals surface area (Å²) in [7, 11) is 2.91. The van der Waals surface area contributed by atoms with E-state index in [1.54, 1.807) is 38.3 Å². The summed E-state index contributed by atoms with van der Waals surface area (Å²) in [6.45, 7) is 3.67. The zero-order chi connectivity index (χ0) is 28.1. The van der Waals surface area contributed by atoms with E-state index < -0.39 is 16.9 Å². The van der Waals surface area contributed by atoms with E-state index in [0.717, 1.165) is 27.3 Å². The predicted molar refractivity (Wildman–Crippen MR) is 147 cm³/mol. The minimum Gasteiger partial charge on any atom is -0.494 e. The Hall–Kier alpha value is -4.42. The molecule has 10 nitrogen and oxygen atoms in total. The number of aryl methyl sites for hydroxylation is 2. The van der Waals surface area contributed by atoms with Gasteiger partial charge in [-0.1, -0.05) is 0 Å². The number of hydrogen-bond donors (Lipinski definition) is 3. The van der Waals surface area contributed by atoms with E-state index in [4.69, 9.17) is 25.4 Å². The Kier molecular flexibility index (Phi) is 8.71. The summed E-state index contributed by atoms with van der Waals surface area (Å²) in [5.41, 5.74) is 9.39. The lowest BCUT2D eigenvalue weighted by Gasteiger charge is -2.11. The van der Waals surface area contributed by atoms with E-state index in [1.165, 1.54) is 30.6 Å². The van der Waals surface area contributed by atoms with Gasteiger partial charge in [-0.05, 0) is 67.4 Å². The molecule has 2 heterocycles. The third-order valence-corrected chi connectivity index (χ3v) is 7.46. The third-order valence-electron chi connectivity index (χ3n) is 5.25. The number of methoxy groups -OCH3 is 2. The van der Waals surface area contributed by atoms with Gasteiger partial charge in [0.2, 0.25) is 5.75 Å². The van der Waals surface area contributed by atoms with Gasteiger partial charge in [-0.25, -0.2) is 9.59 Å². The number of nitro benzene ring substituents is 1. The maximum atomic E-state index is 11.1. The number of nitro groups is 1. The zero-order valence-corrected chi connectivity index (χ0v) is 22.4. The molecule has 0 unspecified atom stereocenters. The molecule has 0 aliphatic carbocycles. The average molecular weight is 557 g/mol. The summed E-state index contributed by atoms with van der Waals surface area (Å²) in [4.78, 5) is 34.3. The Bertz CT molecular complexity index is 1520. The lowest BCUT2D eigenvalue weighted by molar-refractivity contribution is -0.385. The SMILES string of the molecule is COc1c(-c2ccc(C(=O)O)s2)cc(C)cc1[N+](=O)[O-].COc1c(N)cc(C)cc1-c1ccc(C(=O)O)s1. The summed E-state index contributed by atoms with van der Waals surface area (Å²) in [5.74, 6) is -1.23. The van der Waals surface area contributed by atoms with Crippen molar-refractivity contribution in [2.75, 3.05) is 20.0 Å². The number of aromatic carboxylic acids is 2. The molecule has 12 heteroatoms. The first-order valence-electron chi connectivity index (χ1n) is 10.9. The molecular formula is C26H24N2O8S2. The molecule has 0 aliphatic rings. The lowest BCUT2D eigenvalue weighted by atomic mass is 10.1. The summed E-state index contributed by atoms with van der Waals surface area (Å²) in [6, 6.07) is 13.4. The molecule has 0 aliphatic heterocycles. The molecule has 0 amide bonds. The number of nitrogens with zero attached hydrogens (tertiary/aromatic N) is 1. The first kappa shape index (κ1) is 28.2. The van der Waals surface area contributed by atoms with Crippen LogP contribution in [0.5, 0.6) is 11.5 Å². The van der Waals surface area contributed by atoms with E-state index in [2.05, 4.69) is 0 Å². The number of carboxylic acids is 2. The Morgan fingerprint density at radius 1 is 0.816 bits per heavy atom. The first-order chi connectivity index (χ1) is 18.0. The van der Waals surface area contributed by atoms with E-state index in [-0.39, 0.29) is 16.3 Å². The fourth-order valence-electron chi connectivity index (χ4n) is 3.69. The van der Waals surface area contributed by atoms with Crippen molar-refractivity contribution in [3.63, 3.8) is 0 Å². The van der Waals surface area contributed by atoms with Crippen molar-refractivity contribution in [2.45, 2.75) is 13.8 Å². The Balaban J connectivity index is 0.000000212. The molecule has 2 aromatic carbocycles. The Labute approximate surface area is 225 Å². The standard InChI is InChI=1S/C13H11NO5S.C13H13NO3S/c1-7-5-8(10-3-4-11(20-10)13(15)16)12(19-2)9(6-7)14(17)18;1-7-5-8(12(17-2)9(14)6-7)10-3-4-11(18-10)13(15)16/h3-6H,1-2H3,(H,15,16);3-6H,14H2,1-2H3,(H,15,16). The van der Waals surface area contributed by atoms with Crippen LogP contribution < -0.4 is 15.2 Å². The molecule has 0 atom stereocenters. The molecule has 4 rings (SSSR count). The lowest BCUT2D eigenvalue weighted by Crippen LogP contribution is -1.96. The molecule has 2 aromatic heterocycles. The molecule has 0 spiro atoms. The summed E-state index contributed by atoms with van der Waals surface area (Å²) >= 11 is 2.26. The molecule has 0 saturated carbocycles. The summed E-state index contributed by atoms with van der Waals surface area (Å²) < 4.78 is 10.4. The maximum Gasteiger partial charge on any atom is 0.345 e. The van der Waals surface area contributed by atoms with Gasteiger partial charge in [0.05, 0.1) is 24.8 Å². The normalized spacial score (nSPS) is 10.3. The van der Waals surface area contributed by atoms with Crippen LogP contribution in [0.4, 0.5) is 11.4 Å². The topological polar surface area (TPSA) is 162 Å². The van der Waals surface area contributed by atoms with Gasteiger partial charge in [0, 0.05) is 26.9 Å². The fourth-order valence-corrected chi connectivity index (χ4v) is 5.41. The highest BCUT2D eigenvalue weighted by Crippen LogP contribution is 2.42. The van der Waals surface area contributed by atoms with Crippen molar-refractivity contribution in [2.24, 2.45) is 0 Å². The minimum atomic E-state index is -1.03. The smallest absolute Gasteiger partial charge is 0.345 e. The monoisotopic (exact) mass is 556 g/mol. The van der Waals surface area contributed by atoms with Crippen molar-refractivity contribution in [1.82, 2.24) is 0 Å². The number of carbonyl (C=O) groups is 2. The molecule has 4 N–H and O–H groups in total. The number of anilines is 1. The van der Waals surface area contributed by atoms with Gasteiger partial charge in [-0.2, -0.15) is 0 Å².